The van der Waals surface area contributed by atoms with Crippen LogP contribution in [0.25, 0.3) is 10.9 Å². The zero-order valence-corrected chi connectivity index (χ0v) is 12.2. The van der Waals surface area contributed by atoms with Gasteiger partial charge in [-0.2, -0.15) is 0 Å². The Balaban J connectivity index is 1.70. The summed E-state index contributed by atoms with van der Waals surface area (Å²) in [5, 5.41) is 4.09. The van der Waals surface area contributed by atoms with E-state index in [0.717, 1.165) is 11.3 Å². The number of nitrogens with one attached hydrogen (secondary N) is 1. The van der Waals surface area contributed by atoms with E-state index in [9.17, 15) is 4.79 Å². The maximum Gasteiger partial charge on any atom is 0.240 e. The maximum absolute atomic E-state index is 12.1. The van der Waals surface area contributed by atoms with Crippen LogP contribution in [0.3, 0.4) is 0 Å². The summed E-state index contributed by atoms with van der Waals surface area (Å²) in [6.07, 6.45) is 5.61. The van der Waals surface area contributed by atoms with Crippen molar-refractivity contribution in [1.82, 2.24) is 19.4 Å². The molecule has 5 nitrogen and oxygen atoms in total. The molecule has 0 radical (unpaired) electrons. The first kappa shape index (κ1) is 13.4. The summed E-state index contributed by atoms with van der Waals surface area (Å²) in [4.78, 5) is 16.3. The van der Waals surface area contributed by atoms with E-state index in [1.54, 1.807) is 6.20 Å². The average molecular weight is 282 g/mol. The lowest BCUT2D eigenvalue weighted by atomic mass is 10.2. The molecule has 3 rings (SSSR count). The number of rotatable bonds is 4. The van der Waals surface area contributed by atoms with Crippen LogP contribution < -0.4 is 5.32 Å². The Morgan fingerprint density at radius 2 is 2.14 bits per heavy atom. The Hall–Kier alpha value is -2.56. The van der Waals surface area contributed by atoms with Gasteiger partial charge in [-0.05, 0) is 18.6 Å². The van der Waals surface area contributed by atoms with Crippen molar-refractivity contribution in [2.75, 3.05) is 0 Å². The molecule has 2 heterocycles. The van der Waals surface area contributed by atoms with Crippen molar-refractivity contribution < 1.29 is 4.79 Å². The van der Waals surface area contributed by atoms with Crippen LogP contribution in [0.15, 0.2) is 42.9 Å². The zero-order valence-electron chi connectivity index (χ0n) is 12.2. The summed E-state index contributed by atoms with van der Waals surface area (Å²) in [6.45, 7) is 2.82. The number of aryl methyl sites for hydroxylation is 2. The Morgan fingerprint density at radius 1 is 1.33 bits per heavy atom. The van der Waals surface area contributed by atoms with Crippen molar-refractivity contribution in [2.24, 2.45) is 7.05 Å². The van der Waals surface area contributed by atoms with Gasteiger partial charge in [-0.15, -0.1) is 0 Å². The standard InChI is InChI=1S/C16H18N4O/c1-12-10-20(14-6-4-3-5-13(12)14)11-16(21)18-9-15-17-7-8-19(15)2/h3-8,10H,9,11H2,1-2H3,(H,18,21). The second kappa shape index (κ2) is 5.44. The highest BCUT2D eigenvalue weighted by atomic mass is 16.1. The molecule has 108 valence electrons. The predicted octanol–water partition coefficient (Wildman–Crippen LogP) is 2.00. The minimum atomic E-state index is -0.0150. The SMILES string of the molecule is Cc1cn(CC(=O)NCc2nccn2C)c2ccccc12. The minimum Gasteiger partial charge on any atom is -0.347 e. The molecule has 0 spiro atoms. The molecule has 1 aromatic carbocycles. The topological polar surface area (TPSA) is 51.9 Å². The van der Waals surface area contributed by atoms with E-state index >= 15 is 0 Å². The smallest absolute Gasteiger partial charge is 0.240 e. The van der Waals surface area contributed by atoms with E-state index < -0.39 is 0 Å². The van der Waals surface area contributed by atoms with E-state index in [0.29, 0.717) is 13.1 Å². The van der Waals surface area contributed by atoms with E-state index in [4.69, 9.17) is 0 Å². The van der Waals surface area contributed by atoms with Gasteiger partial charge in [0.05, 0.1) is 6.54 Å². The van der Waals surface area contributed by atoms with Crippen LogP contribution in [-0.4, -0.2) is 20.0 Å². The van der Waals surface area contributed by atoms with Gasteiger partial charge in [-0.1, -0.05) is 18.2 Å². The van der Waals surface area contributed by atoms with Crippen LogP contribution in [0.1, 0.15) is 11.4 Å². The van der Waals surface area contributed by atoms with Gasteiger partial charge in [0.2, 0.25) is 5.91 Å². The van der Waals surface area contributed by atoms with Crippen LogP contribution >= 0.6 is 0 Å². The van der Waals surface area contributed by atoms with Gasteiger partial charge in [-0.25, -0.2) is 4.98 Å². The van der Waals surface area contributed by atoms with Gasteiger partial charge in [0.25, 0.3) is 0 Å². The Bertz CT molecular complexity index is 785. The lowest BCUT2D eigenvalue weighted by Crippen LogP contribution is -2.27. The molecule has 0 atom stereocenters. The highest BCUT2D eigenvalue weighted by Gasteiger charge is 2.09. The van der Waals surface area contributed by atoms with Crippen LogP contribution in [0, 0.1) is 6.92 Å². The van der Waals surface area contributed by atoms with Crippen LogP contribution in [0.2, 0.25) is 0 Å². The van der Waals surface area contributed by atoms with E-state index in [1.165, 1.54) is 10.9 Å². The first-order chi connectivity index (χ1) is 10.1. The molecule has 0 unspecified atom stereocenters. The number of hydrogen-bond donors (Lipinski definition) is 1. The third-order valence-electron chi connectivity index (χ3n) is 3.67. The quantitative estimate of drug-likeness (QED) is 0.795. The van der Waals surface area contributed by atoms with Crippen molar-refractivity contribution in [3.05, 3.63) is 54.2 Å². The fourth-order valence-electron chi connectivity index (χ4n) is 2.52. The molecule has 3 aromatic rings. The van der Waals surface area contributed by atoms with E-state index in [2.05, 4.69) is 23.3 Å². The van der Waals surface area contributed by atoms with E-state index in [1.807, 2.05) is 46.8 Å². The monoisotopic (exact) mass is 282 g/mol. The lowest BCUT2D eigenvalue weighted by molar-refractivity contribution is -0.121. The van der Waals surface area contributed by atoms with Crippen molar-refractivity contribution >= 4 is 16.8 Å². The normalized spacial score (nSPS) is 11.0. The molecular weight excluding hydrogens is 264 g/mol. The second-order valence-corrected chi connectivity index (χ2v) is 5.19. The minimum absolute atomic E-state index is 0.0150. The van der Waals surface area contributed by atoms with Crippen molar-refractivity contribution in [3.63, 3.8) is 0 Å². The molecule has 0 saturated carbocycles. The van der Waals surface area contributed by atoms with Crippen LogP contribution in [0.4, 0.5) is 0 Å². The maximum atomic E-state index is 12.1. The number of nitrogens with zero attached hydrogens (tertiary/aromatic N) is 3. The largest absolute Gasteiger partial charge is 0.347 e. The molecule has 21 heavy (non-hydrogen) atoms. The van der Waals surface area contributed by atoms with E-state index in [-0.39, 0.29) is 5.91 Å². The summed E-state index contributed by atoms with van der Waals surface area (Å²) in [5.74, 6) is 0.829. The molecule has 0 aliphatic rings. The molecular formula is C16H18N4O. The van der Waals surface area contributed by atoms with Crippen molar-refractivity contribution in [1.29, 1.82) is 0 Å². The average Bonchev–Trinajstić information content (AvgIpc) is 3.02. The Labute approximate surface area is 123 Å². The summed E-state index contributed by atoms with van der Waals surface area (Å²) in [7, 11) is 1.91. The number of imidazole rings is 1. The molecule has 0 bridgehead atoms. The van der Waals surface area contributed by atoms with Gasteiger partial charge >= 0.3 is 0 Å². The number of hydrogen-bond acceptors (Lipinski definition) is 2. The highest BCUT2D eigenvalue weighted by Crippen LogP contribution is 2.19. The highest BCUT2D eigenvalue weighted by molar-refractivity contribution is 5.85. The number of benzene rings is 1. The number of fused-ring (bicyclic) bond motifs is 1. The van der Waals surface area contributed by atoms with Gasteiger partial charge in [0.1, 0.15) is 12.4 Å². The molecule has 2 aromatic heterocycles. The van der Waals surface area contributed by atoms with Gasteiger partial charge in [0, 0.05) is 36.5 Å². The number of carbonyl (C=O) groups excluding carboxylic acids is 1. The van der Waals surface area contributed by atoms with Crippen molar-refractivity contribution in [2.45, 2.75) is 20.0 Å². The first-order valence-corrected chi connectivity index (χ1v) is 6.92. The second-order valence-electron chi connectivity index (χ2n) is 5.19. The summed E-state index contributed by atoms with van der Waals surface area (Å²) >= 11 is 0. The van der Waals surface area contributed by atoms with Crippen LogP contribution in [-0.2, 0) is 24.9 Å². The molecule has 1 N–H and O–H groups in total. The molecule has 0 fully saturated rings. The number of carbonyl (C=O) groups is 1. The lowest BCUT2D eigenvalue weighted by Gasteiger charge is -2.07. The van der Waals surface area contributed by atoms with Gasteiger partial charge in [-0.3, -0.25) is 4.79 Å². The predicted molar refractivity (Wildman–Crippen MR) is 81.7 cm³/mol. The Morgan fingerprint density at radius 3 is 2.90 bits per heavy atom. The van der Waals surface area contributed by atoms with Gasteiger partial charge < -0.3 is 14.5 Å². The zero-order chi connectivity index (χ0) is 14.8. The third-order valence-corrected chi connectivity index (χ3v) is 3.67. The number of aromatic nitrogens is 3. The third kappa shape index (κ3) is 2.67. The molecule has 0 saturated heterocycles. The summed E-state index contributed by atoms with van der Waals surface area (Å²) < 4.78 is 3.88. The van der Waals surface area contributed by atoms with Crippen LogP contribution in [0.5, 0.6) is 0 Å². The molecule has 1 amide bonds. The first-order valence-electron chi connectivity index (χ1n) is 6.92. The molecule has 0 aliphatic carbocycles. The number of para-hydroxylation sites is 1. The molecule has 0 aliphatic heterocycles. The fourth-order valence-corrected chi connectivity index (χ4v) is 2.52. The fraction of sp³-hybridized carbons (Fsp3) is 0.250. The molecule has 5 heteroatoms. The Kier molecular flexibility index (Phi) is 3.48. The summed E-state index contributed by atoms with van der Waals surface area (Å²) in [6, 6.07) is 8.12. The number of amides is 1. The van der Waals surface area contributed by atoms with Gasteiger partial charge in [0.15, 0.2) is 0 Å². The van der Waals surface area contributed by atoms with Crippen molar-refractivity contribution in [3.8, 4) is 0 Å². The summed E-state index contributed by atoms with van der Waals surface area (Å²) in [5.41, 5.74) is 2.27.